The van der Waals surface area contributed by atoms with Gasteiger partial charge in [0.2, 0.25) is 5.89 Å². The highest BCUT2D eigenvalue weighted by atomic mass is 32.1. The van der Waals surface area contributed by atoms with Crippen molar-refractivity contribution in [2.45, 2.75) is 52.7 Å². The fraction of sp³-hybridized carbons (Fsp3) is 0.300. The first-order valence-electron chi connectivity index (χ1n) is 12.7. The molecule has 1 N–H and O–H groups in total. The molecule has 2 aromatic heterocycles. The number of thiophene rings is 1. The molecule has 0 spiro atoms. The van der Waals surface area contributed by atoms with E-state index < -0.39 is 5.97 Å². The van der Waals surface area contributed by atoms with Crippen LogP contribution in [0.4, 0.5) is 0 Å². The van der Waals surface area contributed by atoms with E-state index >= 15 is 0 Å². The molecule has 4 rings (SSSR count). The largest absolute Gasteiger partial charge is 0.487 e. The van der Waals surface area contributed by atoms with Crippen LogP contribution >= 0.6 is 11.3 Å². The van der Waals surface area contributed by atoms with Crippen molar-refractivity contribution in [3.05, 3.63) is 94.7 Å². The summed E-state index contributed by atoms with van der Waals surface area (Å²) in [7, 11) is 0. The number of carboxylic acid groups (broad SMARTS) is 1. The summed E-state index contributed by atoms with van der Waals surface area (Å²) in [6, 6.07) is 21.5. The van der Waals surface area contributed by atoms with E-state index in [0.717, 1.165) is 45.3 Å². The van der Waals surface area contributed by atoms with Gasteiger partial charge in [-0.25, -0.2) is 4.98 Å². The Morgan fingerprint density at radius 1 is 1.08 bits per heavy atom. The molecule has 1 unspecified atom stereocenters. The molecule has 0 radical (unpaired) electrons. The molecule has 0 aliphatic rings. The highest BCUT2D eigenvalue weighted by molar-refractivity contribution is 7.13. The minimum absolute atomic E-state index is 0.315. The zero-order valence-electron chi connectivity index (χ0n) is 21.6. The maximum absolute atomic E-state index is 11.3. The van der Waals surface area contributed by atoms with Crippen LogP contribution in [-0.4, -0.2) is 21.8 Å². The van der Waals surface area contributed by atoms with Crippen LogP contribution in [0.1, 0.15) is 55.2 Å². The fourth-order valence-corrected chi connectivity index (χ4v) is 4.63. The van der Waals surface area contributed by atoms with Crippen LogP contribution < -0.4 is 4.74 Å². The SMILES string of the molecule is CCC(CCCC(=NOCc1ccc(OCc2nc(-c3cccs3)oc2C)cc1)c1ccccc1)C(=O)O. The summed E-state index contributed by atoms with van der Waals surface area (Å²) in [5, 5.41) is 15.7. The standard InChI is InChI=1S/C30H32N2O5S/c1-3-23(30(33)34)11-7-12-26(24-9-5-4-6-10-24)32-36-19-22-14-16-25(17-15-22)35-20-27-21(2)37-29(31-27)28-13-8-18-38-28/h4-6,8-10,13-18,23H,3,7,11-12,19-20H2,1-2H3,(H,33,34). The van der Waals surface area contributed by atoms with E-state index in [2.05, 4.69) is 10.1 Å². The second-order valence-corrected chi connectivity index (χ2v) is 9.89. The quantitative estimate of drug-likeness (QED) is 0.134. The fourth-order valence-electron chi connectivity index (χ4n) is 3.98. The van der Waals surface area contributed by atoms with Crippen molar-refractivity contribution >= 4 is 23.0 Å². The summed E-state index contributed by atoms with van der Waals surface area (Å²) < 4.78 is 11.7. The lowest BCUT2D eigenvalue weighted by Crippen LogP contribution is -2.13. The van der Waals surface area contributed by atoms with Gasteiger partial charge in [0.15, 0.2) is 0 Å². The molecule has 0 saturated carbocycles. The molecule has 38 heavy (non-hydrogen) atoms. The number of aliphatic carboxylic acids is 1. The average Bonchev–Trinajstić information content (AvgIpc) is 3.60. The van der Waals surface area contributed by atoms with E-state index in [0.29, 0.717) is 38.4 Å². The van der Waals surface area contributed by atoms with E-state index in [1.807, 2.05) is 86.0 Å². The molecular formula is C30H32N2O5S. The van der Waals surface area contributed by atoms with Gasteiger partial charge in [0.25, 0.3) is 0 Å². The lowest BCUT2D eigenvalue weighted by molar-refractivity contribution is -0.142. The average molecular weight is 533 g/mol. The maximum atomic E-state index is 11.3. The Hall–Kier alpha value is -3.91. The molecule has 0 fully saturated rings. The Bertz CT molecular complexity index is 1310. The third-order valence-electron chi connectivity index (χ3n) is 6.24. The second kappa shape index (κ2) is 13.6. The number of benzene rings is 2. The maximum Gasteiger partial charge on any atom is 0.306 e. The molecule has 2 aromatic carbocycles. The van der Waals surface area contributed by atoms with Gasteiger partial charge in [0.1, 0.15) is 30.4 Å². The van der Waals surface area contributed by atoms with E-state index in [-0.39, 0.29) is 5.92 Å². The summed E-state index contributed by atoms with van der Waals surface area (Å²) >= 11 is 1.59. The van der Waals surface area contributed by atoms with Crippen molar-refractivity contribution in [2.75, 3.05) is 0 Å². The third-order valence-corrected chi connectivity index (χ3v) is 7.10. The number of oxazole rings is 1. The molecule has 0 amide bonds. The lowest BCUT2D eigenvalue weighted by Gasteiger charge is -2.11. The van der Waals surface area contributed by atoms with Crippen LogP contribution in [0.5, 0.6) is 5.75 Å². The van der Waals surface area contributed by atoms with E-state index in [1.165, 1.54) is 0 Å². The summed E-state index contributed by atoms with van der Waals surface area (Å²) in [4.78, 5) is 22.6. The number of oxime groups is 1. The van der Waals surface area contributed by atoms with Gasteiger partial charge in [0.05, 0.1) is 16.5 Å². The molecule has 0 aliphatic carbocycles. The molecular weight excluding hydrogens is 500 g/mol. The Labute approximate surface area is 226 Å². The van der Waals surface area contributed by atoms with Gasteiger partial charge in [-0.15, -0.1) is 11.3 Å². The third kappa shape index (κ3) is 7.55. The number of ether oxygens (including phenoxy) is 1. The van der Waals surface area contributed by atoms with E-state index in [4.69, 9.17) is 14.0 Å². The highest BCUT2D eigenvalue weighted by Crippen LogP contribution is 2.26. The number of hydrogen-bond donors (Lipinski definition) is 1. The molecule has 0 bridgehead atoms. The van der Waals surface area contributed by atoms with Gasteiger partial charge in [0, 0.05) is 0 Å². The van der Waals surface area contributed by atoms with Crippen LogP contribution in [0.15, 0.2) is 81.7 Å². The molecule has 2 heterocycles. The monoisotopic (exact) mass is 532 g/mol. The van der Waals surface area contributed by atoms with Crippen LogP contribution in [0.25, 0.3) is 10.8 Å². The van der Waals surface area contributed by atoms with Crippen molar-refractivity contribution in [3.8, 4) is 16.5 Å². The Kier molecular flexibility index (Phi) is 9.70. The normalized spacial score (nSPS) is 12.3. The zero-order chi connectivity index (χ0) is 26.7. The van der Waals surface area contributed by atoms with Gasteiger partial charge in [-0.1, -0.05) is 60.6 Å². The van der Waals surface area contributed by atoms with Crippen molar-refractivity contribution in [1.29, 1.82) is 0 Å². The van der Waals surface area contributed by atoms with Crippen molar-refractivity contribution in [1.82, 2.24) is 4.98 Å². The smallest absolute Gasteiger partial charge is 0.306 e. The molecule has 7 nitrogen and oxygen atoms in total. The van der Waals surface area contributed by atoms with E-state index in [9.17, 15) is 9.90 Å². The van der Waals surface area contributed by atoms with Crippen LogP contribution in [0, 0.1) is 12.8 Å². The van der Waals surface area contributed by atoms with Crippen molar-refractivity contribution < 1.29 is 23.9 Å². The highest BCUT2D eigenvalue weighted by Gasteiger charge is 2.16. The van der Waals surface area contributed by atoms with E-state index in [1.54, 1.807) is 11.3 Å². The summed E-state index contributed by atoms with van der Waals surface area (Å²) in [6.45, 7) is 4.43. The molecule has 1 atom stereocenters. The number of rotatable bonds is 14. The minimum Gasteiger partial charge on any atom is -0.487 e. The first-order chi connectivity index (χ1) is 18.5. The molecule has 8 heteroatoms. The predicted molar refractivity (Wildman–Crippen MR) is 148 cm³/mol. The summed E-state index contributed by atoms with van der Waals surface area (Å²) in [5.74, 6) is 1.02. The Morgan fingerprint density at radius 2 is 1.87 bits per heavy atom. The van der Waals surface area contributed by atoms with Gasteiger partial charge in [-0.05, 0) is 67.3 Å². The predicted octanol–water partition coefficient (Wildman–Crippen LogP) is 7.49. The molecule has 0 saturated heterocycles. The van der Waals surface area contributed by atoms with Gasteiger partial charge < -0.3 is 19.1 Å². The number of aryl methyl sites for hydroxylation is 1. The number of carboxylic acids is 1. The number of hydrogen-bond acceptors (Lipinski definition) is 7. The number of aromatic nitrogens is 1. The molecule has 4 aromatic rings. The summed E-state index contributed by atoms with van der Waals surface area (Å²) in [5.41, 5.74) is 3.53. The first kappa shape index (κ1) is 27.1. The molecule has 0 aliphatic heterocycles. The van der Waals surface area contributed by atoms with Crippen LogP contribution in [0.3, 0.4) is 0 Å². The van der Waals surface area contributed by atoms with Gasteiger partial charge in [-0.2, -0.15) is 0 Å². The van der Waals surface area contributed by atoms with Gasteiger partial charge in [-0.3, -0.25) is 4.79 Å². The number of nitrogens with zero attached hydrogens (tertiary/aromatic N) is 2. The van der Waals surface area contributed by atoms with Crippen molar-refractivity contribution in [3.63, 3.8) is 0 Å². The number of carbonyl (C=O) groups is 1. The van der Waals surface area contributed by atoms with Crippen LogP contribution in [0.2, 0.25) is 0 Å². The topological polar surface area (TPSA) is 94.2 Å². The Morgan fingerprint density at radius 3 is 2.55 bits per heavy atom. The van der Waals surface area contributed by atoms with Gasteiger partial charge >= 0.3 is 5.97 Å². The zero-order valence-corrected chi connectivity index (χ0v) is 22.4. The summed E-state index contributed by atoms with van der Waals surface area (Å²) in [6.07, 6.45) is 2.62. The Balaban J connectivity index is 1.31. The first-order valence-corrected chi connectivity index (χ1v) is 13.6. The van der Waals surface area contributed by atoms with Crippen molar-refractivity contribution in [2.24, 2.45) is 11.1 Å². The lowest BCUT2D eigenvalue weighted by atomic mass is 9.97. The minimum atomic E-state index is -0.742. The second-order valence-electron chi connectivity index (χ2n) is 8.94. The molecule has 198 valence electrons. The van der Waals surface area contributed by atoms with Crippen LogP contribution in [-0.2, 0) is 22.8 Å².